The average Bonchev–Trinajstić information content (AvgIpc) is 2.37. The Morgan fingerprint density at radius 3 is 2.44 bits per heavy atom. The molecule has 0 aliphatic heterocycles. The minimum Gasteiger partial charge on any atom is -0.387 e. The first-order valence-electron chi connectivity index (χ1n) is 7.21. The van der Waals surface area contributed by atoms with Crippen molar-refractivity contribution in [3.05, 3.63) is 23.8 Å². The summed E-state index contributed by atoms with van der Waals surface area (Å²) in [6.07, 6.45) is 11.0. The summed E-state index contributed by atoms with van der Waals surface area (Å²) in [5.41, 5.74) is 0.758. The van der Waals surface area contributed by atoms with Gasteiger partial charge in [0.2, 0.25) is 0 Å². The second kappa shape index (κ2) is 9.03. The Morgan fingerprint density at radius 1 is 1.11 bits per heavy atom. The molecule has 0 bridgehead atoms. The zero-order valence-electron chi connectivity index (χ0n) is 11.7. The molecule has 0 aliphatic rings. The molecule has 1 atom stereocenters. The van der Waals surface area contributed by atoms with Crippen LogP contribution in [0.3, 0.4) is 0 Å². The van der Waals surface area contributed by atoms with Gasteiger partial charge >= 0.3 is 0 Å². The summed E-state index contributed by atoms with van der Waals surface area (Å²) in [6, 6.07) is 1.80. The normalized spacial score (nSPS) is 12.6. The molecule has 0 saturated heterocycles. The van der Waals surface area contributed by atoms with Gasteiger partial charge in [-0.2, -0.15) is 0 Å². The standard InChI is InChI=1S/C15H26N2O/c1-3-4-5-6-7-8-9-10-15(18)14-11-12-16-13(2)17-14/h11-12,15,18H,3-10H2,1-2H3. The molecule has 0 aromatic carbocycles. The lowest BCUT2D eigenvalue weighted by Gasteiger charge is -2.10. The maximum absolute atomic E-state index is 10.00. The van der Waals surface area contributed by atoms with Crippen molar-refractivity contribution in [2.45, 2.75) is 71.3 Å². The van der Waals surface area contributed by atoms with E-state index in [9.17, 15) is 5.11 Å². The molecule has 1 unspecified atom stereocenters. The quantitative estimate of drug-likeness (QED) is 0.675. The highest BCUT2D eigenvalue weighted by atomic mass is 16.3. The lowest BCUT2D eigenvalue weighted by Crippen LogP contribution is -2.02. The number of rotatable bonds is 9. The first kappa shape index (κ1) is 15.1. The summed E-state index contributed by atoms with van der Waals surface area (Å²) in [6.45, 7) is 4.09. The molecule has 3 nitrogen and oxygen atoms in total. The largest absolute Gasteiger partial charge is 0.387 e. The third kappa shape index (κ3) is 6.10. The van der Waals surface area contributed by atoms with Crippen LogP contribution in [0, 0.1) is 6.92 Å². The van der Waals surface area contributed by atoms with Crippen molar-refractivity contribution in [3.8, 4) is 0 Å². The first-order valence-corrected chi connectivity index (χ1v) is 7.21. The van der Waals surface area contributed by atoms with Gasteiger partial charge < -0.3 is 5.11 Å². The molecule has 3 heteroatoms. The Bertz CT molecular complexity index is 328. The fourth-order valence-electron chi connectivity index (χ4n) is 2.10. The lowest BCUT2D eigenvalue weighted by molar-refractivity contribution is 0.158. The third-order valence-corrected chi connectivity index (χ3v) is 3.22. The molecule has 0 fully saturated rings. The van der Waals surface area contributed by atoms with E-state index in [4.69, 9.17) is 0 Å². The van der Waals surface area contributed by atoms with Gasteiger partial charge in [-0.05, 0) is 19.4 Å². The van der Waals surface area contributed by atoms with Crippen LogP contribution < -0.4 is 0 Å². The highest BCUT2D eigenvalue weighted by Crippen LogP contribution is 2.18. The molecule has 1 heterocycles. The van der Waals surface area contributed by atoms with Gasteiger partial charge in [-0.1, -0.05) is 51.9 Å². The van der Waals surface area contributed by atoms with Crippen LogP contribution in [0.5, 0.6) is 0 Å². The fraction of sp³-hybridized carbons (Fsp3) is 0.733. The zero-order chi connectivity index (χ0) is 13.2. The highest BCUT2D eigenvalue weighted by Gasteiger charge is 2.08. The SMILES string of the molecule is CCCCCCCCCC(O)c1ccnc(C)n1. The van der Waals surface area contributed by atoms with E-state index in [-0.39, 0.29) is 0 Å². The second-order valence-corrected chi connectivity index (χ2v) is 4.95. The predicted molar refractivity (Wildman–Crippen MR) is 74.3 cm³/mol. The summed E-state index contributed by atoms with van der Waals surface area (Å²) >= 11 is 0. The number of hydrogen-bond donors (Lipinski definition) is 1. The molecule has 0 amide bonds. The number of aliphatic hydroxyl groups excluding tert-OH is 1. The Labute approximate surface area is 111 Å². The second-order valence-electron chi connectivity index (χ2n) is 4.95. The number of aliphatic hydroxyl groups is 1. The lowest BCUT2D eigenvalue weighted by atomic mass is 10.0. The maximum atomic E-state index is 10.00. The van der Waals surface area contributed by atoms with E-state index >= 15 is 0 Å². The number of nitrogens with zero attached hydrogens (tertiary/aromatic N) is 2. The molecule has 0 saturated carbocycles. The number of unbranched alkanes of at least 4 members (excludes halogenated alkanes) is 6. The van der Waals surface area contributed by atoms with Crippen molar-refractivity contribution < 1.29 is 5.11 Å². The van der Waals surface area contributed by atoms with Gasteiger partial charge in [-0.25, -0.2) is 9.97 Å². The Balaban J connectivity index is 2.12. The summed E-state index contributed by atoms with van der Waals surface area (Å²) in [4.78, 5) is 8.29. The van der Waals surface area contributed by atoms with Crippen LogP contribution in [-0.2, 0) is 0 Å². The third-order valence-electron chi connectivity index (χ3n) is 3.22. The van der Waals surface area contributed by atoms with E-state index in [1.54, 1.807) is 12.3 Å². The molecule has 1 rings (SSSR count). The smallest absolute Gasteiger partial charge is 0.125 e. The van der Waals surface area contributed by atoms with Crippen LogP contribution in [0.4, 0.5) is 0 Å². The van der Waals surface area contributed by atoms with Crippen molar-refractivity contribution in [2.24, 2.45) is 0 Å². The van der Waals surface area contributed by atoms with Gasteiger partial charge in [-0.3, -0.25) is 0 Å². The topological polar surface area (TPSA) is 46.0 Å². The molecule has 18 heavy (non-hydrogen) atoms. The monoisotopic (exact) mass is 250 g/mol. The first-order chi connectivity index (χ1) is 8.74. The van der Waals surface area contributed by atoms with Gasteiger partial charge in [0.1, 0.15) is 5.82 Å². The van der Waals surface area contributed by atoms with E-state index in [0.29, 0.717) is 0 Å². The minimum atomic E-state index is -0.428. The van der Waals surface area contributed by atoms with Crippen LogP contribution in [0.2, 0.25) is 0 Å². The van der Waals surface area contributed by atoms with Crippen molar-refractivity contribution in [1.82, 2.24) is 9.97 Å². The van der Waals surface area contributed by atoms with E-state index < -0.39 is 6.10 Å². The Hall–Kier alpha value is -0.960. The molecule has 0 aliphatic carbocycles. The molecular formula is C15H26N2O. The van der Waals surface area contributed by atoms with E-state index in [1.165, 1.54) is 38.5 Å². The van der Waals surface area contributed by atoms with E-state index in [2.05, 4.69) is 16.9 Å². The Kier molecular flexibility index (Phi) is 7.58. The molecule has 0 spiro atoms. The predicted octanol–water partition coefficient (Wildman–Crippen LogP) is 3.96. The number of hydrogen-bond acceptors (Lipinski definition) is 3. The molecule has 102 valence electrons. The summed E-state index contributed by atoms with van der Waals surface area (Å²) in [5.74, 6) is 0.728. The minimum absolute atomic E-state index is 0.428. The van der Waals surface area contributed by atoms with Gasteiger partial charge in [0.05, 0.1) is 11.8 Å². The molecule has 1 N–H and O–H groups in total. The summed E-state index contributed by atoms with van der Waals surface area (Å²) < 4.78 is 0. The summed E-state index contributed by atoms with van der Waals surface area (Å²) in [7, 11) is 0. The van der Waals surface area contributed by atoms with Gasteiger partial charge in [-0.15, -0.1) is 0 Å². The number of aromatic nitrogens is 2. The van der Waals surface area contributed by atoms with Crippen molar-refractivity contribution >= 4 is 0 Å². The molecule has 0 radical (unpaired) electrons. The van der Waals surface area contributed by atoms with Crippen LogP contribution in [0.1, 0.15) is 75.9 Å². The highest BCUT2D eigenvalue weighted by molar-refractivity contribution is 5.04. The van der Waals surface area contributed by atoms with Crippen molar-refractivity contribution in [3.63, 3.8) is 0 Å². The molecule has 1 aromatic heterocycles. The maximum Gasteiger partial charge on any atom is 0.125 e. The van der Waals surface area contributed by atoms with Gasteiger partial charge in [0.15, 0.2) is 0 Å². The molecular weight excluding hydrogens is 224 g/mol. The number of aryl methyl sites for hydroxylation is 1. The van der Waals surface area contributed by atoms with Gasteiger partial charge in [0, 0.05) is 6.20 Å². The van der Waals surface area contributed by atoms with Crippen LogP contribution in [0.25, 0.3) is 0 Å². The molecule has 1 aromatic rings. The van der Waals surface area contributed by atoms with Crippen molar-refractivity contribution in [2.75, 3.05) is 0 Å². The van der Waals surface area contributed by atoms with Crippen LogP contribution in [-0.4, -0.2) is 15.1 Å². The van der Waals surface area contributed by atoms with Crippen molar-refractivity contribution in [1.29, 1.82) is 0 Å². The zero-order valence-corrected chi connectivity index (χ0v) is 11.7. The average molecular weight is 250 g/mol. The van der Waals surface area contributed by atoms with Gasteiger partial charge in [0.25, 0.3) is 0 Å². The van der Waals surface area contributed by atoms with E-state index in [0.717, 1.165) is 24.4 Å². The van der Waals surface area contributed by atoms with E-state index in [1.807, 2.05) is 6.92 Å². The fourth-order valence-corrected chi connectivity index (χ4v) is 2.10. The summed E-state index contributed by atoms with van der Waals surface area (Å²) in [5, 5.41) is 10.00. The Morgan fingerprint density at radius 2 is 1.78 bits per heavy atom. The van der Waals surface area contributed by atoms with Crippen LogP contribution in [0.15, 0.2) is 12.3 Å². The van der Waals surface area contributed by atoms with Crippen LogP contribution >= 0.6 is 0 Å².